The topological polar surface area (TPSA) is 139 Å². The maximum Gasteiger partial charge on any atom is 0.270 e. The highest BCUT2D eigenvalue weighted by atomic mass is 16.5. The minimum Gasteiger partial charge on any atom is -0.485 e. The van der Waals surface area contributed by atoms with E-state index in [1.807, 2.05) is 18.2 Å². The molecule has 3 amide bonds. The van der Waals surface area contributed by atoms with Crippen molar-refractivity contribution in [1.82, 2.24) is 30.5 Å². The minimum absolute atomic E-state index is 0.0592. The van der Waals surface area contributed by atoms with Crippen LogP contribution in [0.1, 0.15) is 32.1 Å². The lowest BCUT2D eigenvalue weighted by atomic mass is 10.1. The minimum atomic E-state index is -0.552. The SMILES string of the molecule is C=C1COc2ccc(CNC(=O)c3cc(C(=O)NCC(=O)NC)n4ncc(C)c4n3)cc2N1. The summed E-state index contributed by atoms with van der Waals surface area (Å²) in [6, 6.07) is 6.89. The number of ether oxygens (including phenoxy) is 1. The molecule has 3 aromatic rings. The van der Waals surface area contributed by atoms with Gasteiger partial charge in [0.15, 0.2) is 5.65 Å². The second-order valence-corrected chi connectivity index (χ2v) is 7.48. The second kappa shape index (κ2) is 8.99. The van der Waals surface area contributed by atoms with E-state index in [0.29, 0.717) is 23.6 Å². The van der Waals surface area contributed by atoms with E-state index >= 15 is 0 Å². The summed E-state index contributed by atoms with van der Waals surface area (Å²) in [4.78, 5) is 41.4. The average molecular weight is 449 g/mol. The number of hydrogen-bond acceptors (Lipinski definition) is 7. The summed E-state index contributed by atoms with van der Waals surface area (Å²) < 4.78 is 6.92. The van der Waals surface area contributed by atoms with Gasteiger partial charge in [0.05, 0.1) is 18.4 Å². The molecule has 1 aliphatic heterocycles. The molecule has 1 aliphatic rings. The first-order valence-electron chi connectivity index (χ1n) is 10.2. The van der Waals surface area contributed by atoms with Crippen LogP contribution in [-0.2, 0) is 11.3 Å². The molecular weight excluding hydrogens is 426 g/mol. The third-order valence-corrected chi connectivity index (χ3v) is 5.01. The van der Waals surface area contributed by atoms with E-state index in [1.54, 1.807) is 13.1 Å². The Kier molecular flexibility index (Phi) is 5.94. The van der Waals surface area contributed by atoms with Crippen molar-refractivity contribution in [2.24, 2.45) is 0 Å². The van der Waals surface area contributed by atoms with E-state index in [1.165, 1.54) is 17.6 Å². The fraction of sp³-hybridized carbons (Fsp3) is 0.227. The molecule has 0 aliphatic carbocycles. The monoisotopic (exact) mass is 449 g/mol. The van der Waals surface area contributed by atoms with E-state index in [9.17, 15) is 14.4 Å². The lowest BCUT2D eigenvalue weighted by Crippen LogP contribution is -2.36. The molecule has 33 heavy (non-hydrogen) atoms. The maximum absolute atomic E-state index is 12.9. The number of benzene rings is 1. The molecule has 0 bridgehead atoms. The van der Waals surface area contributed by atoms with Gasteiger partial charge in [0.1, 0.15) is 23.7 Å². The molecule has 11 heteroatoms. The number of carbonyl (C=O) groups excluding carboxylic acids is 3. The zero-order valence-electron chi connectivity index (χ0n) is 18.2. The molecule has 0 unspecified atom stereocenters. The van der Waals surface area contributed by atoms with Crippen molar-refractivity contribution >= 4 is 29.1 Å². The van der Waals surface area contributed by atoms with Gasteiger partial charge in [-0.15, -0.1) is 0 Å². The Balaban J connectivity index is 1.54. The summed E-state index contributed by atoms with van der Waals surface area (Å²) in [6.07, 6.45) is 1.55. The summed E-state index contributed by atoms with van der Waals surface area (Å²) in [7, 11) is 1.47. The Hall–Kier alpha value is -4.41. The van der Waals surface area contributed by atoms with Gasteiger partial charge in [-0.2, -0.15) is 5.10 Å². The van der Waals surface area contributed by atoms with Gasteiger partial charge in [0.2, 0.25) is 5.91 Å². The molecule has 0 spiro atoms. The number of nitrogens with zero attached hydrogens (tertiary/aromatic N) is 3. The number of rotatable bonds is 6. The van der Waals surface area contributed by atoms with E-state index in [4.69, 9.17) is 4.74 Å². The molecule has 0 saturated carbocycles. The second-order valence-electron chi connectivity index (χ2n) is 7.48. The molecule has 2 aromatic heterocycles. The predicted octanol–water partition coefficient (Wildman–Crippen LogP) is 0.762. The third-order valence-electron chi connectivity index (χ3n) is 5.01. The fourth-order valence-electron chi connectivity index (χ4n) is 3.27. The number of aromatic nitrogens is 3. The summed E-state index contributed by atoms with van der Waals surface area (Å²) in [6.45, 7) is 6.08. The van der Waals surface area contributed by atoms with Crippen molar-refractivity contribution in [3.05, 3.63) is 65.3 Å². The molecular formula is C22H23N7O4. The van der Waals surface area contributed by atoms with E-state index < -0.39 is 11.8 Å². The number of amides is 3. The highest BCUT2D eigenvalue weighted by molar-refractivity contribution is 5.99. The fourth-order valence-corrected chi connectivity index (χ4v) is 3.27. The molecule has 1 aromatic carbocycles. The third kappa shape index (κ3) is 4.61. The molecule has 11 nitrogen and oxygen atoms in total. The van der Waals surface area contributed by atoms with Gasteiger partial charge < -0.3 is 26.0 Å². The standard InChI is InChI=1S/C22H23N7O4/c1-12-8-26-29-17(22(32)25-10-19(30)23-3)7-16(28-20(12)29)21(31)24-9-14-4-5-18-15(6-14)27-13(2)11-33-18/h4-8,27H,2,9-11H2,1,3H3,(H,23,30)(H,24,31)(H,25,32). The number of fused-ring (bicyclic) bond motifs is 2. The Morgan fingerprint density at radius 1 is 1.21 bits per heavy atom. The molecule has 0 atom stereocenters. The first-order chi connectivity index (χ1) is 15.9. The van der Waals surface area contributed by atoms with Crippen molar-refractivity contribution in [2.45, 2.75) is 13.5 Å². The van der Waals surface area contributed by atoms with Crippen LogP contribution in [0.3, 0.4) is 0 Å². The lowest BCUT2D eigenvalue weighted by molar-refractivity contribution is -0.119. The van der Waals surface area contributed by atoms with E-state index in [2.05, 4.69) is 37.9 Å². The van der Waals surface area contributed by atoms with Crippen LogP contribution in [0.25, 0.3) is 5.65 Å². The van der Waals surface area contributed by atoms with E-state index in [-0.39, 0.29) is 30.4 Å². The number of aryl methyl sites for hydroxylation is 1. The van der Waals surface area contributed by atoms with Crippen LogP contribution in [0.15, 0.2) is 42.7 Å². The zero-order chi connectivity index (χ0) is 23.5. The van der Waals surface area contributed by atoms with Crippen LogP contribution < -0.4 is 26.0 Å². The Morgan fingerprint density at radius 3 is 2.82 bits per heavy atom. The number of nitrogens with one attached hydrogen (secondary N) is 4. The number of hydrogen-bond donors (Lipinski definition) is 4. The number of likely N-dealkylation sites (N-methyl/N-ethyl adjacent to an activating group) is 1. The summed E-state index contributed by atoms with van der Waals surface area (Å²) >= 11 is 0. The van der Waals surface area contributed by atoms with Crippen molar-refractivity contribution in [3.8, 4) is 5.75 Å². The van der Waals surface area contributed by atoms with Crippen molar-refractivity contribution in [2.75, 3.05) is 25.5 Å². The summed E-state index contributed by atoms with van der Waals surface area (Å²) in [5.74, 6) is -0.640. The van der Waals surface area contributed by atoms with Gasteiger partial charge >= 0.3 is 0 Å². The van der Waals surface area contributed by atoms with E-state index in [0.717, 1.165) is 16.9 Å². The first-order valence-corrected chi connectivity index (χ1v) is 10.2. The quantitative estimate of drug-likeness (QED) is 0.436. The van der Waals surface area contributed by atoms with Gasteiger partial charge in [-0.3, -0.25) is 14.4 Å². The Labute approximate surface area is 189 Å². The lowest BCUT2D eigenvalue weighted by Gasteiger charge is -2.21. The summed E-state index contributed by atoms with van der Waals surface area (Å²) in [5.41, 5.74) is 3.60. The van der Waals surface area contributed by atoms with Crippen LogP contribution in [-0.4, -0.2) is 52.5 Å². The normalized spacial score (nSPS) is 12.4. The molecule has 0 fully saturated rings. The highest BCUT2D eigenvalue weighted by Gasteiger charge is 2.19. The van der Waals surface area contributed by atoms with Crippen LogP contribution in [0.4, 0.5) is 5.69 Å². The van der Waals surface area contributed by atoms with Crippen LogP contribution in [0.5, 0.6) is 5.75 Å². The largest absolute Gasteiger partial charge is 0.485 e. The Bertz CT molecular complexity index is 1280. The molecule has 4 rings (SSSR count). The van der Waals surface area contributed by atoms with Gasteiger partial charge in [-0.25, -0.2) is 9.50 Å². The highest BCUT2D eigenvalue weighted by Crippen LogP contribution is 2.30. The maximum atomic E-state index is 12.9. The first kappa shape index (κ1) is 21.8. The van der Waals surface area contributed by atoms with Crippen molar-refractivity contribution < 1.29 is 19.1 Å². The zero-order valence-corrected chi connectivity index (χ0v) is 18.2. The molecule has 0 saturated heterocycles. The van der Waals surface area contributed by atoms with Gasteiger partial charge in [-0.1, -0.05) is 12.6 Å². The number of anilines is 1. The van der Waals surface area contributed by atoms with Crippen molar-refractivity contribution in [1.29, 1.82) is 0 Å². The van der Waals surface area contributed by atoms with Crippen LogP contribution >= 0.6 is 0 Å². The summed E-state index contributed by atoms with van der Waals surface area (Å²) in [5, 5.41) is 15.1. The smallest absolute Gasteiger partial charge is 0.270 e. The van der Waals surface area contributed by atoms with Crippen molar-refractivity contribution in [3.63, 3.8) is 0 Å². The van der Waals surface area contributed by atoms with Gasteiger partial charge in [-0.05, 0) is 24.6 Å². The van der Waals surface area contributed by atoms with Crippen LogP contribution in [0.2, 0.25) is 0 Å². The average Bonchev–Trinajstić information content (AvgIpc) is 3.20. The number of carbonyl (C=O) groups is 3. The molecule has 4 N–H and O–H groups in total. The molecule has 170 valence electrons. The molecule has 3 heterocycles. The predicted molar refractivity (Wildman–Crippen MR) is 120 cm³/mol. The van der Waals surface area contributed by atoms with Gasteiger partial charge in [0.25, 0.3) is 11.8 Å². The molecule has 0 radical (unpaired) electrons. The van der Waals surface area contributed by atoms with Crippen LogP contribution in [0, 0.1) is 6.92 Å². The Morgan fingerprint density at radius 2 is 2.03 bits per heavy atom. The van der Waals surface area contributed by atoms with Gasteiger partial charge in [0, 0.05) is 30.9 Å².